The van der Waals surface area contributed by atoms with Crippen molar-refractivity contribution in [3.05, 3.63) is 11.9 Å². The fourth-order valence-electron chi connectivity index (χ4n) is 2.58. The number of hydrogen-bond acceptors (Lipinski definition) is 3. The van der Waals surface area contributed by atoms with E-state index in [0.717, 1.165) is 31.6 Å². The standard InChI is InChI=1S/C12H21N3O2S/c1-3-10-4-6-11(7-5-10)15-18(16,17)12-8-13-14-9(12)2/h8,10-11,15H,3-7H2,1-2H3,(H,13,14). The molecule has 1 aromatic rings. The molecule has 0 atom stereocenters. The lowest BCUT2D eigenvalue weighted by Gasteiger charge is -2.28. The van der Waals surface area contributed by atoms with Gasteiger partial charge in [-0.2, -0.15) is 5.10 Å². The summed E-state index contributed by atoms with van der Waals surface area (Å²) in [6.07, 6.45) is 6.68. The van der Waals surface area contributed by atoms with Crippen molar-refractivity contribution < 1.29 is 8.42 Å². The summed E-state index contributed by atoms with van der Waals surface area (Å²) in [5, 5.41) is 6.42. The molecule has 6 heteroatoms. The summed E-state index contributed by atoms with van der Waals surface area (Å²) in [7, 11) is -3.42. The zero-order valence-electron chi connectivity index (χ0n) is 10.9. The number of rotatable bonds is 4. The van der Waals surface area contributed by atoms with E-state index in [4.69, 9.17) is 0 Å². The maximum Gasteiger partial charge on any atom is 0.244 e. The lowest BCUT2D eigenvalue weighted by molar-refractivity contribution is 0.306. The highest BCUT2D eigenvalue weighted by Gasteiger charge is 2.26. The van der Waals surface area contributed by atoms with Gasteiger partial charge in [-0.05, 0) is 38.5 Å². The largest absolute Gasteiger partial charge is 0.281 e. The lowest BCUT2D eigenvalue weighted by atomic mass is 9.85. The molecule has 1 fully saturated rings. The van der Waals surface area contributed by atoms with Crippen LogP contribution in [0, 0.1) is 12.8 Å². The second-order valence-electron chi connectivity index (χ2n) is 5.11. The van der Waals surface area contributed by atoms with Crippen LogP contribution in [0.3, 0.4) is 0 Å². The van der Waals surface area contributed by atoms with Crippen molar-refractivity contribution in [2.45, 2.75) is 56.9 Å². The molecule has 18 heavy (non-hydrogen) atoms. The molecule has 0 bridgehead atoms. The minimum Gasteiger partial charge on any atom is -0.281 e. The first-order valence-corrected chi connectivity index (χ1v) is 8.03. The van der Waals surface area contributed by atoms with Crippen LogP contribution in [0.25, 0.3) is 0 Å². The Kier molecular flexibility index (Phi) is 4.07. The van der Waals surface area contributed by atoms with Crippen molar-refractivity contribution in [2.24, 2.45) is 5.92 Å². The van der Waals surface area contributed by atoms with E-state index < -0.39 is 10.0 Å². The molecule has 0 radical (unpaired) electrons. The Balaban J connectivity index is 2.00. The zero-order valence-corrected chi connectivity index (χ0v) is 11.8. The van der Waals surface area contributed by atoms with Crippen LogP contribution in [0.15, 0.2) is 11.1 Å². The van der Waals surface area contributed by atoms with Gasteiger partial charge in [-0.1, -0.05) is 13.3 Å². The van der Waals surface area contributed by atoms with Crippen LogP contribution in [-0.4, -0.2) is 24.7 Å². The molecule has 5 nitrogen and oxygen atoms in total. The monoisotopic (exact) mass is 271 g/mol. The zero-order chi connectivity index (χ0) is 13.2. The second kappa shape index (κ2) is 5.40. The molecule has 2 N–H and O–H groups in total. The van der Waals surface area contributed by atoms with E-state index in [-0.39, 0.29) is 10.9 Å². The van der Waals surface area contributed by atoms with Crippen LogP contribution in [-0.2, 0) is 10.0 Å². The number of aromatic amines is 1. The lowest BCUT2D eigenvalue weighted by Crippen LogP contribution is -2.37. The molecule has 0 amide bonds. The predicted molar refractivity (Wildman–Crippen MR) is 69.7 cm³/mol. The van der Waals surface area contributed by atoms with Gasteiger partial charge < -0.3 is 0 Å². The molecule has 0 spiro atoms. The van der Waals surface area contributed by atoms with Crippen molar-refractivity contribution in [3.8, 4) is 0 Å². The van der Waals surface area contributed by atoms with Gasteiger partial charge in [0.1, 0.15) is 4.90 Å². The molecular formula is C12H21N3O2S. The average molecular weight is 271 g/mol. The summed E-state index contributed by atoms with van der Waals surface area (Å²) in [4.78, 5) is 0.264. The van der Waals surface area contributed by atoms with Gasteiger partial charge in [0.25, 0.3) is 0 Å². The van der Waals surface area contributed by atoms with E-state index >= 15 is 0 Å². The summed E-state index contributed by atoms with van der Waals surface area (Å²) in [5.41, 5.74) is 0.588. The Hall–Kier alpha value is -0.880. The molecule has 1 heterocycles. The summed E-state index contributed by atoms with van der Waals surface area (Å²) >= 11 is 0. The predicted octanol–water partition coefficient (Wildman–Crippen LogP) is 1.97. The van der Waals surface area contributed by atoms with Gasteiger partial charge in [0.15, 0.2) is 0 Å². The number of nitrogens with one attached hydrogen (secondary N) is 2. The molecular weight excluding hydrogens is 250 g/mol. The van der Waals surface area contributed by atoms with E-state index in [1.165, 1.54) is 12.6 Å². The van der Waals surface area contributed by atoms with Crippen molar-refractivity contribution in [3.63, 3.8) is 0 Å². The summed E-state index contributed by atoms with van der Waals surface area (Å²) in [6, 6.07) is 0.0760. The first kappa shape index (κ1) is 13.5. The third-order valence-electron chi connectivity index (χ3n) is 3.82. The number of aromatic nitrogens is 2. The van der Waals surface area contributed by atoms with Crippen molar-refractivity contribution in [2.75, 3.05) is 0 Å². The van der Waals surface area contributed by atoms with E-state index in [2.05, 4.69) is 21.8 Å². The Morgan fingerprint density at radius 2 is 2.06 bits per heavy atom. The number of nitrogens with zero attached hydrogens (tertiary/aromatic N) is 1. The topological polar surface area (TPSA) is 74.8 Å². The molecule has 2 rings (SSSR count). The minimum absolute atomic E-state index is 0.0760. The normalized spacial score (nSPS) is 25.2. The Morgan fingerprint density at radius 1 is 1.39 bits per heavy atom. The van der Waals surface area contributed by atoms with Gasteiger partial charge in [0.2, 0.25) is 10.0 Å². The SMILES string of the molecule is CCC1CCC(NS(=O)(=O)c2cn[nH]c2C)CC1. The maximum atomic E-state index is 12.2. The Labute approximate surface area is 108 Å². The van der Waals surface area contributed by atoms with Gasteiger partial charge in [0.05, 0.1) is 11.9 Å². The molecule has 0 unspecified atom stereocenters. The van der Waals surface area contributed by atoms with Crippen molar-refractivity contribution in [1.82, 2.24) is 14.9 Å². The molecule has 1 aliphatic rings. The van der Waals surface area contributed by atoms with E-state index in [1.54, 1.807) is 6.92 Å². The fourth-order valence-corrected chi connectivity index (χ4v) is 4.02. The van der Waals surface area contributed by atoms with E-state index in [9.17, 15) is 8.42 Å². The summed E-state index contributed by atoms with van der Waals surface area (Å²) in [5.74, 6) is 0.765. The molecule has 102 valence electrons. The van der Waals surface area contributed by atoms with Crippen molar-refractivity contribution >= 4 is 10.0 Å². The second-order valence-corrected chi connectivity index (χ2v) is 6.79. The molecule has 1 aliphatic carbocycles. The van der Waals surface area contributed by atoms with Crippen LogP contribution in [0.4, 0.5) is 0 Å². The Bertz CT molecular complexity index is 487. The van der Waals surface area contributed by atoms with Gasteiger partial charge in [-0.15, -0.1) is 0 Å². The minimum atomic E-state index is -3.42. The average Bonchev–Trinajstić information content (AvgIpc) is 2.77. The third-order valence-corrected chi connectivity index (χ3v) is 5.45. The maximum absolute atomic E-state index is 12.2. The van der Waals surface area contributed by atoms with E-state index in [0.29, 0.717) is 5.69 Å². The van der Waals surface area contributed by atoms with Gasteiger partial charge in [0, 0.05) is 6.04 Å². The summed E-state index contributed by atoms with van der Waals surface area (Å²) < 4.78 is 27.1. The summed E-state index contributed by atoms with van der Waals surface area (Å²) in [6.45, 7) is 3.92. The highest BCUT2D eigenvalue weighted by molar-refractivity contribution is 7.89. The first-order chi connectivity index (χ1) is 8.53. The van der Waals surface area contributed by atoms with E-state index in [1.807, 2.05) is 0 Å². The molecule has 1 aromatic heterocycles. The Morgan fingerprint density at radius 3 is 2.56 bits per heavy atom. The van der Waals surface area contributed by atoms with Crippen LogP contribution < -0.4 is 4.72 Å². The highest BCUT2D eigenvalue weighted by Crippen LogP contribution is 2.27. The van der Waals surface area contributed by atoms with Crippen LogP contribution in [0.5, 0.6) is 0 Å². The number of sulfonamides is 1. The number of H-pyrrole nitrogens is 1. The third kappa shape index (κ3) is 2.92. The molecule has 0 saturated heterocycles. The molecule has 1 saturated carbocycles. The first-order valence-electron chi connectivity index (χ1n) is 6.55. The van der Waals surface area contributed by atoms with Crippen LogP contribution in [0.2, 0.25) is 0 Å². The van der Waals surface area contributed by atoms with Gasteiger partial charge in [-0.3, -0.25) is 5.10 Å². The quantitative estimate of drug-likeness (QED) is 0.879. The fraction of sp³-hybridized carbons (Fsp3) is 0.750. The van der Waals surface area contributed by atoms with Gasteiger partial charge >= 0.3 is 0 Å². The number of aryl methyl sites for hydroxylation is 1. The smallest absolute Gasteiger partial charge is 0.244 e. The number of hydrogen-bond donors (Lipinski definition) is 2. The van der Waals surface area contributed by atoms with Crippen molar-refractivity contribution in [1.29, 1.82) is 0 Å². The molecule has 0 aromatic carbocycles. The van der Waals surface area contributed by atoms with Gasteiger partial charge in [-0.25, -0.2) is 13.1 Å². The highest BCUT2D eigenvalue weighted by atomic mass is 32.2. The van der Waals surface area contributed by atoms with Crippen LogP contribution >= 0.6 is 0 Å². The molecule has 0 aliphatic heterocycles. The van der Waals surface area contributed by atoms with Crippen LogP contribution in [0.1, 0.15) is 44.7 Å².